The second-order valence-corrected chi connectivity index (χ2v) is 9.98. The van der Waals surface area contributed by atoms with Gasteiger partial charge in [0.25, 0.3) is 0 Å². The number of primary amides is 1. The van der Waals surface area contributed by atoms with Crippen molar-refractivity contribution in [2.45, 2.75) is 70.4 Å². The first-order chi connectivity index (χ1) is 15.0. The maximum absolute atomic E-state index is 13.4. The lowest BCUT2D eigenvalue weighted by atomic mass is 10.1. The first-order valence-corrected chi connectivity index (χ1v) is 12.6. The number of rotatable bonds is 12. The largest absolute Gasteiger partial charge is 0.449 e. The number of amides is 1. The summed E-state index contributed by atoms with van der Waals surface area (Å²) in [6, 6.07) is 4.24. The molecule has 0 saturated heterocycles. The van der Waals surface area contributed by atoms with Gasteiger partial charge in [0.05, 0.1) is 5.69 Å². The molecule has 0 saturated carbocycles. The number of carbonyl (C=O) groups excluding carboxylic acids is 1. The van der Waals surface area contributed by atoms with Gasteiger partial charge < -0.3 is 19.2 Å². The van der Waals surface area contributed by atoms with Crippen molar-refractivity contribution in [2.75, 3.05) is 6.61 Å². The minimum Gasteiger partial charge on any atom is -0.449 e. The average molecular weight is 506 g/mol. The molecule has 0 bridgehead atoms. The molecule has 2 aromatic rings. The number of aromatic nitrogens is 2. The topological polar surface area (TPSA) is 114 Å². The van der Waals surface area contributed by atoms with Crippen LogP contribution in [0.4, 0.5) is 4.79 Å². The SMILES string of the molecule is CCCCCCn1c(CCOC(N)=O)nc(C(C)C)c1S(=O)(=O)Oc1cc(Cl)cc(Cl)c1. The lowest BCUT2D eigenvalue weighted by Gasteiger charge is -2.15. The molecule has 0 fully saturated rings. The molecule has 8 nitrogen and oxygen atoms in total. The second kappa shape index (κ2) is 11.8. The van der Waals surface area contributed by atoms with E-state index >= 15 is 0 Å². The Morgan fingerprint density at radius 1 is 1.16 bits per heavy atom. The molecule has 1 amide bonds. The lowest BCUT2D eigenvalue weighted by molar-refractivity contribution is 0.157. The quantitative estimate of drug-likeness (QED) is 0.309. The fourth-order valence-electron chi connectivity index (χ4n) is 3.25. The summed E-state index contributed by atoms with van der Waals surface area (Å²) in [6.07, 6.45) is 3.10. The number of unbranched alkanes of at least 4 members (excludes halogenated alkanes) is 3. The fourth-order valence-corrected chi connectivity index (χ4v) is 5.18. The third-order valence-corrected chi connectivity index (χ3v) is 6.41. The minimum atomic E-state index is -4.27. The summed E-state index contributed by atoms with van der Waals surface area (Å²) in [6.45, 7) is 6.22. The summed E-state index contributed by atoms with van der Waals surface area (Å²) >= 11 is 12.0. The molecule has 1 heterocycles. The van der Waals surface area contributed by atoms with Gasteiger partial charge in [-0.25, -0.2) is 9.78 Å². The number of benzene rings is 1. The van der Waals surface area contributed by atoms with E-state index in [2.05, 4.69) is 11.9 Å². The molecule has 0 aliphatic carbocycles. The van der Waals surface area contributed by atoms with Gasteiger partial charge in [0.1, 0.15) is 18.2 Å². The van der Waals surface area contributed by atoms with E-state index in [0.717, 1.165) is 25.7 Å². The molecule has 0 spiro atoms. The molecule has 2 N–H and O–H groups in total. The Morgan fingerprint density at radius 3 is 2.38 bits per heavy atom. The third-order valence-electron chi connectivity index (χ3n) is 4.66. The molecule has 0 unspecified atom stereocenters. The number of ether oxygens (including phenoxy) is 1. The zero-order valence-corrected chi connectivity index (χ0v) is 20.8. The van der Waals surface area contributed by atoms with Crippen LogP contribution in [0.25, 0.3) is 0 Å². The highest BCUT2D eigenvalue weighted by molar-refractivity contribution is 7.87. The van der Waals surface area contributed by atoms with Gasteiger partial charge in [-0.05, 0) is 18.4 Å². The summed E-state index contributed by atoms with van der Waals surface area (Å²) in [5.41, 5.74) is 5.42. The Hall–Kier alpha value is -1.97. The van der Waals surface area contributed by atoms with Crippen molar-refractivity contribution >= 4 is 39.4 Å². The summed E-state index contributed by atoms with van der Waals surface area (Å²) in [5.74, 6) is 0.298. The molecular formula is C21H29Cl2N3O5S. The molecule has 0 aliphatic rings. The van der Waals surface area contributed by atoms with Crippen LogP contribution in [0.5, 0.6) is 5.75 Å². The van der Waals surface area contributed by atoms with E-state index in [9.17, 15) is 13.2 Å². The van der Waals surface area contributed by atoms with Gasteiger partial charge in [-0.15, -0.1) is 0 Å². The number of hydrogen-bond acceptors (Lipinski definition) is 6. The van der Waals surface area contributed by atoms with Crippen molar-refractivity contribution < 1.29 is 22.1 Å². The van der Waals surface area contributed by atoms with E-state index in [1.807, 2.05) is 13.8 Å². The second-order valence-electron chi connectivity index (χ2n) is 7.65. The van der Waals surface area contributed by atoms with E-state index in [1.165, 1.54) is 18.2 Å². The molecular weight excluding hydrogens is 477 g/mol. The smallest absolute Gasteiger partial charge is 0.404 e. The predicted octanol–water partition coefficient (Wildman–Crippen LogP) is 5.30. The van der Waals surface area contributed by atoms with Gasteiger partial charge >= 0.3 is 16.2 Å². The summed E-state index contributed by atoms with van der Waals surface area (Å²) in [5, 5.41) is 0.488. The molecule has 32 heavy (non-hydrogen) atoms. The molecule has 11 heteroatoms. The Bertz CT molecular complexity index is 1020. The van der Waals surface area contributed by atoms with Gasteiger partial charge in [0, 0.05) is 35.1 Å². The first kappa shape index (κ1) is 26.3. The van der Waals surface area contributed by atoms with Crippen molar-refractivity contribution in [3.05, 3.63) is 39.8 Å². The number of carbonyl (C=O) groups is 1. The predicted molar refractivity (Wildman–Crippen MR) is 124 cm³/mol. The molecule has 178 valence electrons. The van der Waals surface area contributed by atoms with Crippen molar-refractivity contribution in [2.24, 2.45) is 5.73 Å². The van der Waals surface area contributed by atoms with Gasteiger partial charge in [-0.1, -0.05) is 63.2 Å². The van der Waals surface area contributed by atoms with Crippen LogP contribution in [0, 0.1) is 0 Å². The van der Waals surface area contributed by atoms with Crippen molar-refractivity contribution in [1.82, 2.24) is 9.55 Å². The monoisotopic (exact) mass is 505 g/mol. The van der Waals surface area contributed by atoms with Crippen LogP contribution in [0.2, 0.25) is 10.0 Å². The molecule has 2 rings (SSSR count). The Balaban J connectivity index is 2.49. The highest BCUT2D eigenvalue weighted by Crippen LogP contribution is 2.31. The number of halogens is 2. The van der Waals surface area contributed by atoms with Crippen molar-refractivity contribution in [3.63, 3.8) is 0 Å². The van der Waals surface area contributed by atoms with E-state index in [-0.39, 0.29) is 39.8 Å². The average Bonchev–Trinajstić information content (AvgIpc) is 3.03. The van der Waals surface area contributed by atoms with Gasteiger partial charge in [-0.3, -0.25) is 0 Å². The molecule has 0 radical (unpaired) electrons. The van der Waals surface area contributed by atoms with Crippen LogP contribution < -0.4 is 9.92 Å². The first-order valence-electron chi connectivity index (χ1n) is 10.5. The minimum absolute atomic E-state index is 0.00884. The third kappa shape index (κ3) is 7.28. The Kier molecular flexibility index (Phi) is 9.66. The van der Waals surface area contributed by atoms with Crippen molar-refractivity contribution in [3.8, 4) is 5.75 Å². The molecule has 0 atom stereocenters. The zero-order chi connectivity index (χ0) is 23.9. The fraction of sp³-hybridized carbons (Fsp3) is 0.524. The summed E-state index contributed by atoms with van der Waals surface area (Å²) in [7, 11) is -4.27. The Morgan fingerprint density at radius 2 is 1.81 bits per heavy atom. The number of nitrogens with zero attached hydrogens (tertiary/aromatic N) is 2. The van der Waals surface area contributed by atoms with E-state index in [1.54, 1.807) is 4.57 Å². The number of hydrogen-bond donors (Lipinski definition) is 1. The van der Waals surface area contributed by atoms with Crippen molar-refractivity contribution in [1.29, 1.82) is 0 Å². The zero-order valence-electron chi connectivity index (χ0n) is 18.4. The lowest BCUT2D eigenvalue weighted by Crippen LogP contribution is -2.20. The van der Waals surface area contributed by atoms with Crippen LogP contribution in [-0.4, -0.2) is 30.7 Å². The number of nitrogens with two attached hydrogens (primary N) is 1. The summed E-state index contributed by atoms with van der Waals surface area (Å²) in [4.78, 5) is 15.5. The van der Waals surface area contributed by atoms with Gasteiger partial charge in [0.2, 0.25) is 0 Å². The highest BCUT2D eigenvalue weighted by Gasteiger charge is 2.31. The number of imidazole rings is 1. The van der Waals surface area contributed by atoms with Gasteiger partial charge in [0.15, 0.2) is 5.03 Å². The maximum Gasteiger partial charge on any atom is 0.404 e. The standard InChI is InChI=1S/C21H29Cl2N3O5S/c1-4-5-6-7-9-26-18(8-10-30-21(24)27)25-19(14(2)3)20(26)32(28,29)31-17-12-15(22)11-16(23)13-17/h11-14H,4-10H2,1-3H3,(H2,24,27). The molecule has 1 aromatic heterocycles. The van der Waals surface area contributed by atoms with E-state index in [4.69, 9.17) is 37.9 Å². The molecule has 0 aliphatic heterocycles. The van der Waals surface area contributed by atoms with Crippen LogP contribution >= 0.6 is 23.2 Å². The maximum atomic E-state index is 13.4. The molecule has 1 aromatic carbocycles. The van der Waals surface area contributed by atoms with Crippen LogP contribution in [0.1, 0.15) is 63.9 Å². The van der Waals surface area contributed by atoms with E-state index in [0.29, 0.717) is 18.1 Å². The highest BCUT2D eigenvalue weighted by atomic mass is 35.5. The van der Waals surface area contributed by atoms with Crippen LogP contribution in [-0.2, 0) is 27.8 Å². The Labute approximate surface area is 199 Å². The van der Waals surface area contributed by atoms with Crippen LogP contribution in [0.3, 0.4) is 0 Å². The summed E-state index contributed by atoms with van der Waals surface area (Å²) < 4.78 is 38.6. The normalized spacial score (nSPS) is 11.7. The van der Waals surface area contributed by atoms with Crippen LogP contribution in [0.15, 0.2) is 23.2 Å². The van der Waals surface area contributed by atoms with E-state index < -0.39 is 16.2 Å². The van der Waals surface area contributed by atoms with Gasteiger partial charge in [-0.2, -0.15) is 8.42 Å².